The third-order valence-corrected chi connectivity index (χ3v) is 4.88. The molecule has 1 aromatic carbocycles. The van der Waals surface area contributed by atoms with Crippen molar-refractivity contribution in [2.45, 2.75) is 45.6 Å². The summed E-state index contributed by atoms with van der Waals surface area (Å²) in [5.41, 5.74) is 2.77. The minimum atomic E-state index is -0.0510. The molecule has 1 fully saturated rings. The molecule has 25 heavy (non-hydrogen) atoms. The molecule has 2 heterocycles. The van der Waals surface area contributed by atoms with E-state index in [-0.39, 0.29) is 17.9 Å². The molecule has 2 aliphatic heterocycles. The fourth-order valence-corrected chi connectivity index (χ4v) is 3.33. The number of carbonyl (C=O) groups excluding carboxylic acids is 2. The first kappa shape index (κ1) is 17.5. The van der Waals surface area contributed by atoms with Crippen LogP contribution in [0.3, 0.4) is 0 Å². The summed E-state index contributed by atoms with van der Waals surface area (Å²) in [6, 6.07) is 6.14. The number of rotatable bonds is 3. The fourth-order valence-electron chi connectivity index (χ4n) is 3.33. The molecular formula is C19H25N3O3. The van der Waals surface area contributed by atoms with Crippen LogP contribution in [0.4, 0.5) is 0 Å². The lowest BCUT2D eigenvalue weighted by Crippen LogP contribution is -2.46. The molecule has 0 aliphatic carbocycles. The molecule has 3 rings (SSSR count). The number of piperidine rings is 1. The van der Waals surface area contributed by atoms with Gasteiger partial charge in [-0.05, 0) is 25.0 Å². The average Bonchev–Trinajstić information content (AvgIpc) is 2.61. The van der Waals surface area contributed by atoms with E-state index in [4.69, 9.17) is 4.74 Å². The Bertz CT molecular complexity index is 686. The first-order chi connectivity index (χ1) is 12.0. The van der Waals surface area contributed by atoms with Gasteiger partial charge in [0.1, 0.15) is 17.6 Å². The molecule has 0 spiro atoms. The quantitative estimate of drug-likeness (QED) is 0.846. The van der Waals surface area contributed by atoms with Gasteiger partial charge in [0.05, 0.1) is 0 Å². The van der Waals surface area contributed by atoms with Crippen LogP contribution in [0, 0.1) is 13.8 Å². The molecule has 134 valence electrons. The van der Waals surface area contributed by atoms with Crippen LogP contribution in [0.1, 0.15) is 36.8 Å². The fraction of sp³-hybridized carbons (Fsp3) is 0.526. The number of nitrogens with zero attached hydrogens (tertiary/aromatic N) is 3. The maximum absolute atomic E-state index is 12.6. The smallest absolute Gasteiger partial charge is 0.270 e. The van der Waals surface area contributed by atoms with Crippen molar-refractivity contribution in [1.82, 2.24) is 9.91 Å². The van der Waals surface area contributed by atoms with E-state index in [0.717, 1.165) is 29.7 Å². The van der Waals surface area contributed by atoms with E-state index in [1.807, 2.05) is 11.0 Å². The number of para-hydroxylation sites is 1. The number of benzene rings is 1. The average molecular weight is 343 g/mol. The van der Waals surface area contributed by atoms with Gasteiger partial charge >= 0.3 is 0 Å². The Morgan fingerprint density at radius 3 is 2.40 bits per heavy atom. The van der Waals surface area contributed by atoms with Gasteiger partial charge in [0.15, 0.2) is 0 Å². The van der Waals surface area contributed by atoms with E-state index in [1.54, 1.807) is 7.05 Å². The van der Waals surface area contributed by atoms with Crippen LogP contribution in [-0.2, 0) is 9.59 Å². The molecule has 0 unspecified atom stereocenters. The van der Waals surface area contributed by atoms with E-state index in [9.17, 15) is 9.59 Å². The molecule has 0 radical (unpaired) electrons. The van der Waals surface area contributed by atoms with Crippen molar-refractivity contribution < 1.29 is 14.3 Å². The topological polar surface area (TPSA) is 62.2 Å². The highest BCUT2D eigenvalue weighted by Crippen LogP contribution is 2.26. The van der Waals surface area contributed by atoms with Crippen molar-refractivity contribution in [2.75, 3.05) is 20.1 Å². The largest absolute Gasteiger partial charge is 0.490 e. The number of ether oxygens (including phenoxy) is 1. The highest BCUT2D eigenvalue weighted by Gasteiger charge is 2.29. The molecule has 6 heteroatoms. The predicted octanol–water partition coefficient (Wildman–Crippen LogP) is 2.28. The standard InChI is InChI=1S/C19H25N3O3/c1-13-5-4-6-14(2)18(13)25-15-9-11-22(12-10-15)19(24)16-7-8-17(23)21(3)20-16/h4-6,15H,7-12H2,1-3H3. The first-order valence-corrected chi connectivity index (χ1v) is 8.82. The van der Waals surface area contributed by atoms with Crippen molar-refractivity contribution in [3.8, 4) is 5.75 Å². The Morgan fingerprint density at radius 1 is 1.16 bits per heavy atom. The number of hydrogen-bond acceptors (Lipinski definition) is 4. The van der Waals surface area contributed by atoms with Gasteiger partial charge in [-0.2, -0.15) is 5.10 Å². The number of hydrazone groups is 1. The van der Waals surface area contributed by atoms with Crippen LogP contribution >= 0.6 is 0 Å². The number of likely N-dealkylation sites (tertiary alicyclic amines) is 1. The molecule has 0 N–H and O–H groups in total. The van der Waals surface area contributed by atoms with Gasteiger partial charge in [-0.25, -0.2) is 5.01 Å². The lowest BCUT2D eigenvalue weighted by Gasteiger charge is -2.33. The van der Waals surface area contributed by atoms with Gasteiger partial charge in [-0.15, -0.1) is 0 Å². The van der Waals surface area contributed by atoms with Crippen molar-refractivity contribution in [3.63, 3.8) is 0 Å². The number of carbonyl (C=O) groups is 2. The van der Waals surface area contributed by atoms with Crippen molar-refractivity contribution in [3.05, 3.63) is 29.3 Å². The summed E-state index contributed by atoms with van der Waals surface area (Å²) in [4.78, 5) is 25.9. The van der Waals surface area contributed by atoms with Gasteiger partial charge in [0.25, 0.3) is 5.91 Å². The number of aryl methyl sites for hydroxylation is 2. The summed E-state index contributed by atoms with van der Waals surface area (Å²) in [7, 11) is 1.60. The zero-order chi connectivity index (χ0) is 18.0. The maximum Gasteiger partial charge on any atom is 0.270 e. The first-order valence-electron chi connectivity index (χ1n) is 8.82. The lowest BCUT2D eigenvalue weighted by atomic mass is 10.0. The van der Waals surface area contributed by atoms with Crippen molar-refractivity contribution >= 4 is 17.5 Å². The van der Waals surface area contributed by atoms with E-state index >= 15 is 0 Å². The SMILES string of the molecule is Cc1cccc(C)c1OC1CCN(C(=O)C2=NN(C)C(=O)CC2)CC1. The summed E-state index contributed by atoms with van der Waals surface area (Å²) in [6.07, 6.45) is 2.53. The maximum atomic E-state index is 12.6. The Kier molecular flexibility index (Phi) is 5.06. The minimum absolute atomic E-state index is 0.0442. The predicted molar refractivity (Wildman–Crippen MR) is 95.6 cm³/mol. The summed E-state index contributed by atoms with van der Waals surface area (Å²) >= 11 is 0. The normalized spacial score (nSPS) is 19.0. The summed E-state index contributed by atoms with van der Waals surface area (Å²) < 4.78 is 6.20. The Balaban J connectivity index is 1.58. The Hall–Kier alpha value is -2.37. The van der Waals surface area contributed by atoms with Crippen LogP contribution in [0.25, 0.3) is 0 Å². The second-order valence-electron chi connectivity index (χ2n) is 6.79. The van der Waals surface area contributed by atoms with Crippen molar-refractivity contribution in [2.24, 2.45) is 5.10 Å². The monoisotopic (exact) mass is 343 g/mol. The molecule has 1 aromatic rings. The highest BCUT2D eigenvalue weighted by atomic mass is 16.5. The Labute approximate surface area is 148 Å². The van der Waals surface area contributed by atoms with E-state index in [2.05, 4.69) is 31.1 Å². The third-order valence-electron chi connectivity index (χ3n) is 4.88. The van der Waals surface area contributed by atoms with E-state index < -0.39 is 0 Å². The number of amides is 2. The van der Waals surface area contributed by atoms with E-state index in [1.165, 1.54) is 5.01 Å². The molecular weight excluding hydrogens is 318 g/mol. The van der Waals surface area contributed by atoms with Gasteiger partial charge < -0.3 is 9.64 Å². The van der Waals surface area contributed by atoms with Gasteiger partial charge in [0.2, 0.25) is 5.91 Å². The molecule has 0 aromatic heterocycles. The van der Waals surface area contributed by atoms with Gasteiger partial charge in [0, 0.05) is 45.8 Å². The molecule has 6 nitrogen and oxygen atoms in total. The lowest BCUT2D eigenvalue weighted by molar-refractivity contribution is -0.131. The van der Waals surface area contributed by atoms with Crippen LogP contribution < -0.4 is 4.74 Å². The molecule has 2 aliphatic rings. The van der Waals surface area contributed by atoms with Gasteiger partial charge in [-0.3, -0.25) is 9.59 Å². The summed E-state index contributed by atoms with van der Waals surface area (Å²) in [5, 5.41) is 5.40. The molecule has 0 saturated carbocycles. The molecule has 0 bridgehead atoms. The molecule has 0 atom stereocenters. The van der Waals surface area contributed by atoms with Crippen LogP contribution in [-0.4, -0.2) is 53.7 Å². The second kappa shape index (κ2) is 7.25. The van der Waals surface area contributed by atoms with Crippen LogP contribution in [0.15, 0.2) is 23.3 Å². The zero-order valence-electron chi connectivity index (χ0n) is 15.1. The summed E-state index contributed by atoms with van der Waals surface area (Å²) in [5.74, 6) is 0.867. The van der Waals surface area contributed by atoms with Crippen molar-refractivity contribution in [1.29, 1.82) is 0 Å². The van der Waals surface area contributed by atoms with Crippen LogP contribution in [0.5, 0.6) is 5.75 Å². The minimum Gasteiger partial charge on any atom is -0.490 e. The summed E-state index contributed by atoms with van der Waals surface area (Å²) in [6.45, 7) is 5.43. The third kappa shape index (κ3) is 3.83. The highest BCUT2D eigenvalue weighted by molar-refractivity contribution is 6.39. The number of hydrogen-bond donors (Lipinski definition) is 0. The second-order valence-corrected chi connectivity index (χ2v) is 6.79. The Morgan fingerprint density at radius 2 is 1.80 bits per heavy atom. The molecule has 2 amide bonds. The molecule has 1 saturated heterocycles. The van der Waals surface area contributed by atoms with Gasteiger partial charge in [-0.1, -0.05) is 18.2 Å². The van der Waals surface area contributed by atoms with E-state index in [0.29, 0.717) is 31.6 Å². The zero-order valence-corrected chi connectivity index (χ0v) is 15.1. The van der Waals surface area contributed by atoms with Crippen LogP contribution in [0.2, 0.25) is 0 Å².